The highest BCUT2D eigenvalue weighted by Gasteiger charge is 2.13. The second-order valence-corrected chi connectivity index (χ2v) is 3.60. The highest BCUT2D eigenvalue weighted by atomic mass is 16.7. The molecule has 0 bridgehead atoms. The molecule has 0 radical (unpaired) electrons. The van der Waals surface area contributed by atoms with E-state index in [-0.39, 0.29) is 12.7 Å². The molecule has 0 fully saturated rings. The van der Waals surface area contributed by atoms with Gasteiger partial charge in [-0.3, -0.25) is 4.98 Å². The molecule has 4 N–H and O–H groups in total. The first-order chi connectivity index (χ1) is 8.31. The van der Waals surface area contributed by atoms with E-state index >= 15 is 0 Å². The molecule has 0 aliphatic carbocycles. The summed E-state index contributed by atoms with van der Waals surface area (Å²) in [6.45, 7) is 0.885. The van der Waals surface area contributed by atoms with Gasteiger partial charge in [-0.2, -0.15) is 0 Å². The Hall–Kier alpha value is -2.44. The fourth-order valence-corrected chi connectivity index (χ4v) is 1.59. The predicted molar refractivity (Wildman–Crippen MR) is 60.7 cm³/mol. The van der Waals surface area contributed by atoms with Gasteiger partial charge in [0.15, 0.2) is 11.5 Å². The molecule has 2 aromatic rings. The third-order valence-electron chi connectivity index (χ3n) is 2.40. The number of hydrogen-bond acceptors (Lipinski definition) is 6. The van der Waals surface area contributed by atoms with Crippen molar-refractivity contribution in [3.05, 3.63) is 23.8 Å². The van der Waals surface area contributed by atoms with Gasteiger partial charge in [0, 0.05) is 6.54 Å². The minimum absolute atomic E-state index is 0.283. The van der Waals surface area contributed by atoms with Crippen LogP contribution in [0.4, 0.5) is 11.9 Å². The van der Waals surface area contributed by atoms with E-state index in [1.807, 2.05) is 18.2 Å². The monoisotopic (exact) mass is 233 g/mol. The lowest BCUT2D eigenvalue weighted by Crippen LogP contribution is -2.01. The van der Waals surface area contributed by atoms with Crippen molar-refractivity contribution in [3.63, 3.8) is 0 Å². The number of fused-ring (bicyclic) bond motifs is 1. The van der Waals surface area contributed by atoms with E-state index < -0.39 is 0 Å². The Balaban J connectivity index is 1.69. The number of rotatable bonds is 3. The van der Waals surface area contributed by atoms with Crippen LogP contribution in [0.15, 0.2) is 18.2 Å². The smallest absolute Gasteiger partial charge is 0.231 e. The maximum Gasteiger partial charge on any atom is 0.231 e. The van der Waals surface area contributed by atoms with Gasteiger partial charge >= 0.3 is 0 Å². The normalized spacial score (nSPS) is 12.7. The van der Waals surface area contributed by atoms with E-state index in [4.69, 9.17) is 15.2 Å². The zero-order valence-electron chi connectivity index (χ0n) is 8.93. The predicted octanol–water partition coefficient (Wildman–Crippen LogP) is 0.728. The molecule has 17 heavy (non-hydrogen) atoms. The first-order valence-electron chi connectivity index (χ1n) is 5.12. The zero-order valence-corrected chi connectivity index (χ0v) is 8.93. The van der Waals surface area contributed by atoms with Crippen LogP contribution in [0.25, 0.3) is 0 Å². The van der Waals surface area contributed by atoms with Crippen LogP contribution in [0, 0.1) is 0 Å². The summed E-state index contributed by atoms with van der Waals surface area (Å²) in [5.41, 5.74) is 6.48. The Kier molecular flexibility index (Phi) is 2.21. The van der Waals surface area contributed by atoms with Gasteiger partial charge in [-0.15, -0.1) is 10.2 Å². The number of hydrogen-bond donors (Lipinski definition) is 3. The molecule has 88 valence electrons. The van der Waals surface area contributed by atoms with Gasteiger partial charge in [0.2, 0.25) is 18.7 Å². The third kappa shape index (κ3) is 1.94. The van der Waals surface area contributed by atoms with Gasteiger partial charge in [0.05, 0.1) is 0 Å². The molecule has 0 atom stereocenters. The fraction of sp³-hybridized carbons (Fsp3) is 0.200. The Morgan fingerprint density at radius 3 is 3.00 bits per heavy atom. The molecule has 1 aromatic heterocycles. The largest absolute Gasteiger partial charge is 0.454 e. The van der Waals surface area contributed by atoms with E-state index in [2.05, 4.69) is 20.5 Å². The molecular weight excluding hydrogens is 222 g/mol. The number of nitrogens with two attached hydrogens (primary N) is 1. The van der Waals surface area contributed by atoms with Crippen LogP contribution in [0.5, 0.6) is 11.5 Å². The molecule has 7 nitrogen and oxygen atoms in total. The minimum atomic E-state index is 0.283. The molecule has 0 amide bonds. The van der Waals surface area contributed by atoms with Crippen LogP contribution in [0.3, 0.4) is 0 Å². The Morgan fingerprint density at radius 2 is 2.18 bits per heavy atom. The fourth-order valence-electron chi connectivity index (χ4n) is 1.59. The number of nitrogens with one attached hydrogen (secondary N) is 2. The van der Waals surface area contributed by atoms with Crippen molar-refractivity contribution in [2.75, 3.05) is 17.8 Å². The second kappa shape index (κ2) is 3.85. The van der Waals surface area contributed by atoms with Gasteiger partial charge < -0.3 is 20.5 Å². The highest BCUT2D eigenvalue weighted by Crippen LogP contribution is 2.32. The highest BCUT2D eigenvalue weighted by molar-refractivity contribution is 5.45. The van der Waals surface area contributed by atoms with Crippen molar-refractivity contribution in [1.29, 1.82) is 0 Å². The van der Waals surface area contributed by atoms with Gasteiger partial charge in [0.1, 0.15) is 0 Å². The number of ether oxygens (including phenoxy) is 2. The number of anilines is 2. The van der Waals surface area contributed by atoms with Crippen molar-refractivity contribution < 1.29 is 9.47 Å². The third-order valence-corrected chi connectivity index (χ3v) is 2.40. The number of nitrogen functional groups attached to an aromatic ring is 1. The van der Waals surface area contributed by atoms with E-state index in [0.29, 0.717) is 12.5 Å². The van der Waals surface area contributed by atoms with Crippen LogP contribution in [0.2, 0.25) is 0 Å². The van der Waals surface area contributed by atoms with E-state index in [1.165, 1.54) is 0 Å². The molecule has 2 heterocycles. The van der Waals surface area contributed by atoms with Crippen molar-refractivity contribution in [1.82, 2.24) is 15.2 Å². The summed E-state index contributed by atoms with van der Waals surface area (Å²) in [4.78, 5) is 2.79. The molecule has 0 spiro atoms. The zero-order chi connectivity index (χ0) is 11.7. The van der Waals surface area contributed by atoms with Crippen LogP contribution >= 0.6 is 0 Å². The maximum absolute atomic E-state index is 5.42. The van der Waals surface area contributed by atoms with Crippen molar-refractivity contribution in [3.8, 4) is 11.5 Å². The van der Waals surface area contributed by atoms with Crippen molar-refractivity contribution >= 4 is 11.9 Å². The lowest BCUT2D eigenvalue weighted by atomic mass is 10.2. The van der Waals surface area contributed by atoms with Gasteiger partial charge in [-0.25, -0.2) is 0 Å². The quantitative estimate of drug-likeness (QED) is 0.722. The molecule has 1 aromatic carbocycles. The molecular formula is C10H11N5O2. The van der Waals surface area contributed by atoms with Crippen LogP contribution < -0.4 is 20.5 Å². The Bertz CT molecular complexity index is 539. The molecule has 1 aliphatic rings. The summed E-state index contributed by atoms with van der Waals surface area (Å²) >= 11 is 0. The Labute approximate surface area is 96.9 Å². The van der Waals surface area contributed by atoms with Crippen LogP contribution in [-0.4, -0.2) is 22.0 Å². The Morgan fingerprint density at radius 1 is 1.29 bits per heavy atom. The lowest BCUT2D eigenvalue weighted by molar-refractivity contribution is 0.174. The minimum Gasteiger partial charge on any atom is -0.454 e. The van der Waals surface area contributed by atoms with E-state index in [9.17, 15) is 0 Å². The molecule has 0 unspecified atom stereocenters. The SMILES string of the molecule is Nc1nnc(NCc2ccc3c(c2)OCO3)[nH]1. The first-order valence-corrected chi connectivity index (χ1v) is 5.12. The molecule has 3 rings (SSSR count). The molecule has 7 heteroatoms. The number of nitrogens with zero attached hydrogens (tertiary/aromatic N) is 2. The standard InChI is InChI=1S/C10H11N5O2/c11-9-13-10(15-14-9)12-4-6-1-2-7-8(3-6)17-5-16-7/h1-3H,4-5H2,(H4,11,12,13,14,15). The van der Waals surface area contributed by atoms with Gasteiger partial charge in [-0.1, -0.05) is 6.07 Å². The average Bonchev–Trinajstić information content (AvgIpc) is 2.94. The summed E-state index contributed by atoms with van der Waals surface area (Å²) in [5.74, 6) is 2.37. The van der Waals surface area contributed by atoms with Gasteiger partial charge in [-0.05, 0) is 17.7 Å². The maximum atomic E-state index is 5.42. The van der Waals surface area contributed by atoms with Crippen molar-refractivity contribution in [2.45, 2.75) is 6.54 Å². The van der Waals surface area contributed by atoms with E-state index in [1.54, 1.807) is 0 Å². The van der Waals surface area contributed by atoms with Crippen LogP contribution in [0.1, 0.15) is 5.56 Å². The molecule has 0 saturated heterocycles. The van der Waals surface area contributed by atoms with Gasteiger partial charge in [0.25, 0.3) is 0 Å². The number of aromatic amines is 1. The molecule has 1 aliphatic heterocycles. The van der Waals surface area contributed by atoms with Crippen molar-refractivity contribution in [2.24, 2.45) is 0 Å². The summed E-state index contributed by atoms with van der Waals surface area (Å²) in [6, 6.07) is 5.77. The topological polar surface area (TPSA) is 98.1 Å². The second-order valence-electron chi connectivity index (χ2n) is 3.60. The number of aromatic nitrogens is 3. The number of H-pyrrole nitrogens is 1. The number of benzene rings is 1. The van der Waals surface area contributed by atoms with E-state index in [0.717, 1.165) is 17.1 Å². The summed E-state index contributed by atoms with van der Waals surface area (Å²) in [7, 11) is 0. The molecule has 0 saturated carbocycles. The first kappa shape index (κ1) is 9.76. The lowest BCUT2D eigenvalue weighted by Gasteiger charge is -2.03. The summed E-state index contributed by atoms with van der Waals surface area (Å²) in [5, 5.41) is 10.5. The summed E-state index contributed by atoms with van der Waals surface area (Å²) in [6.07, 6.45) is 0. The van der Waals surface area contributed by atoms with Crippen LogP contribution in [-0.2, 0) is 6.54 Å². The average molecular weight is 233 g/mol. The summed E-state index contributed by atoms with van der Waals surface area (Å²) < 4.78 is 10.5.